The molecule has 0 fully saturated rings. The molecule has 144 valence electrons. The van der Waals surface area contributed by atoms with Crippen LogP contribution in [0.25, 0.3) is 0 Å². The van der Waals surface area contributed by atoms with Gasteiger partial charge in [-0.05, 0) is 53.7 Å². The highest BCUT2D eigenvalue weighted by molar-refractivity contribution is 5.90. The topological polar surface area (TPSA) is 99.0 Å². The van der Waals surface area contributed by atoms with E-state index in [1.807, 2.05) is 0 Å². The van der Waals surface area contributed by atoms with Crippen LogP contribution in [-0.2, 0) is 16.0 Å². The van der Waals surface area contributed by atoms with E-state index in [1.165, 1.54) is 24.1 Å². The molecule has 0 unspecified atom stereocenters. The van der Waals surface area contributed by atoms with Gasteiger partial charge in [-0.15, -0.1) is 0 Å². The predicted octanol–water partition coefficient (Wildman–Crippen LogP) is 3.92. The first-order valence-electron chi connectivity index (χ1n) is 8.14. The molecular weight excluding hydrogens is 340 g/mol. The molecule has 0 aliphatic heterocycles. The van der Waals surface area contributed by atoms with Gasteiger partial charge >= 0.3 is 12.1 Å². The summed E-state index contributed by atoms with van der Waals surface area (Å²) >= 11 is 0. The van der Waals surface area contributed by atoms with Crippen molar-refractivity contribution in [1.29, 1.82) is 0 Å². The first kappa shape index (κ1) is 21.4. The molecular formula is C18H26N2O6. The molecule has 0 spiro atoms. The first-order valence-corrected chi connectivity index (χ1v) is 8.14. The average Bonchev–Trinajstić information content (AvgIpc) is 2.43. The van der Waals surface area contributed by atoms with Gasteiger partial charge in [0.2, 0.25) is 0 Å². The summed E-state index contributed by atoms with van der Waals surface area (Å²) in [6.07, 6.45) is -0.594. The maximum Gasteiger partial charge on any atom is 0.410 e. The third-order valence-electron chi connectivity index (χ3n) is 3.03. The molecule has 0 radical (unpaired) electrons. The van der Waals surface area contributed by atoms with Crippen LogP contribution in [0.4, 0.5) is 10.5 Å². The van der Waals surface area contributed by atoms with E-state index in [0.717, 1.165) is 6.07 Å². The van der Waals surface area contributed by atoms with Crippen molar-refractivity contribution in [3.05, 3.63) is 39.4 Å². The number of hydrogen-bond acceptors (Lipinski definition) is 6. The Kier molecular flexibility index (Phi) is 6.35. The van der Waals surface area contributed by atoms with Gasteiger partial charge in [-0.1, -0.05) is 0 Å². The molecule has 1 aromatic carbocycles. The molecule has 8 nitrogen and oxygen atoms in total. The monoisotopic (exact) mass is 366 g/mol. The highest BCUT2D eigenvalue weighted by atomic mass is 16.6. The summed E-state index contributed by atoms with van der Waals surface area (Å²) in [5, 5.41) is 11.4. The van der Waals surface area contributed by atoms with Crippen LogP contribution in [0.1, 0.15) is 57.5 Å². The van der Waals surface area contributed by atoms with E-state index in [0.29, 0.717) is 0 Å². The summed E-state index contributed by atoms with van der Waals surface area (Å²) < 4.78 is 10.5. The fourth-order valence-electron chi connectivity index (χ4n) is 1.99. The number of esters is 1. The Morgan fingerprint density at radius 1 is 1.08 bits per heavy atom. The lowest BCUT2D eigenvalue weighted by Gasteiger charge is -2.24. The number of nitro benzene ring substituents is 1. The van der Waals surface area contributed by atoms with Crippen LogP contribution in [-0.4, -0.2) is 40.1 Å². The van der Waals surface area contributed by atoms with Gasteiger partial charge in [0.25, 0.3) is 5.69 Å². The zero-order valence-electron chi connectivity index (χ0n) is 16.3. The van der Waals surface area contributed by atoms with E-state index in [1.54, 1.807) is 41.5 Å². The minimum absolute atomic E-state index is 0.0280. The number of rotatable bonds is 4. The van der Waals surface area contributed by atoms with E-state index in [4.69, 9.17) is 9.47 Å². The van der Waals surface area contributed by atoms with Crippen molar-refractivity contribution >= 4 is 17.7 Å². The van der Waals surface area contributed by atoms with Crippen LogP contribution >= 0.6 is 0 Å². The van der Waals surface area contributed by atoms with Crippen molar-refractivity contribution in [2.24, 2.45) is 0 Å². The third kappa shape index (κ3) is 6.70. The van der Waals surface area contributed by atoms with Gasteiger partial charge < -0.3 is 14.4 Å². The molecule has 1 amide bonds. The van der Waals surface area contributed by atoms with Crippen molar-refractivity contribution < 1.29 is 24.0 Å². The molecule has 0 heterocycles. The smallest absolute Gasteiger partial charge is 0.410 e. The van der Waals surface area contributed by atoms with E-state index in [-0.39, 0.29) is 23.4 Å². The highest BCUT2D eigenvalue weighted by Crippen LogP contribution is 2.24. The number of hydrogen-bond donors (Lipinski definition) is 0. The number of ether oxygens (including phenoxy) is 2. The van der Waals surface area contributed by atoms with Crippen molar-refractivity contribution in [3.63, 3.8) is 0 Å². The molecule has 0 saturated heterocycles. The van der Waals surface area contributed by atoms with Gasteiger partial charge in [0.05, 0.1) is 17.0 Å². The SMILES string of the molecule is CN(Cc1ccc(C(=O)OC(C)(C)C)cc1[N+](=O)[O-])C(=O)OC(C)(C)C. The maximum absolute atomic E-state index is 12.1. The van der Waals surface area contributed by atoms with Crippen LogP contribution in [0.5, 0.6) is 0 Å². The summed E-state index contributed by atoms with van der Waals surface area (Å²) in [6.45, 7) is 10.3. The normalized spacial score (nSPS) is 11.7. The van der Waals surface area contributed by atoms with Gasteiger partial charge in [0, 0.05) is 18.7 Å². The lowest BCUT2D eigenvalue weighted by molar-refractivity contribution is -0.385. The first-order chi connectivity index (χ1) is 11.7. The zero-order valence-corrected chi connectivity index (χ0v) is 16.3. The molecule has 1 rings (SSSR count). The minimum atomic E-state index is -0.707. The molecule has 0 atom stereocenters. The van der Waals surface area contributed by atoms with Crippen LogP contribution in [0.3, 0.4) is 0 Å². The Hall–Kier alpha value is -2.64. The second kappa shape index (κ2) is 7.72. The fourth-order valence-corrected chi connectivity index (χ4v) is 1.99. The Morgan fingerprint density at radius 2 is 1.62 bits per heavy atom. The van der Waals surface area contributed by atoms with E-state index >= 15 is 0 Å². The number of carbonyl (C=O) groups is 2. The van der Waals surface area contributed by atoms with Gasteiger partial charge in [0.1, 0.15) is 11.2 Å². The quantitative estimate of drug-likeness (QED) is 0.455. The fraction of sp³-hybridized carbons (Fsp3) is 0.556. The summed E-state index contributed by atoms with van der Waals surface area (Å²) in [7, 11) is 1.49. The lowest BCUT2D eigenvalue weighted by atomic mass is 10.1. The van der Waals surface area contributed by atoms with Crippen LogP contribution in [0.15, 0.2) is 18.2 Å². The van der Waals surface area contributed by atoms with Crippen molar-refractivity contribution in [1.82, 2.24) is 4.90 Å². The predicted molar refractivity (Wildman–Crippen MR) is 96.0 cm³/mol. The molecule has 0 aliphatic rings. The molecule has 26 heavy (non-hydrogen) atoms. The Labute approximate surface area is 153 Å². The van der Waals surface area contributed by atoms with Crippen molar-refractivity contribution in [2.45, 2.75) is 59.3 Å². The highest BCUT2D eigenvalue weighted by Gasteiger charge is 2.25. The second-order valence-corrected chi connectivity index (χ2v) is 7.94. The maximum atomic E-state index is 12.1. The van der Waals surface area contributed by atoms with Gasteiger partial charge in [-0.25, -0.2) is 9.59 Å². The largest absolute Gasteiger partial charge is 0.456 e. The Bertz CT molecular complexity index is 701. The molecule has 8 heteroatoms. The molecule has 1 aromatic rings. The minimum Gasteiger partial charge on any atom is -0.456 e. The van der Waals surface area contributed by atoms with Crippen molar-refractivity contribution in [2.75, 3.05) is 7.05 Å². The van der Waals surface area contributed by atoms with Crippen molar-refractivity contribution in [3.8, 4) is 0 Å². The van der Waals surface area contributed by atoms with Gasteiger partial charge in [0.15, 0.2) is 0 Å². The van der Waals surface area contributed by atoms with Crippen LogP contribution in [0.2, 0.25) is 0 Å². The molecule has 0 bridgehead atoms. The summed E-state index contributed by atoms with van der Waals surface area (Å²) in [5.41, 5.74) is -1.27. The standard InChI is InChI=1S/C18H26N2O6/c1-17(2,3)25-15(21)12-8-9-13(14(10-12)20(23)24)11-19(7)16(22)26-18(4,5)6/h8-10H,11H2,1-7H3. The Morgan fingerprint density at radius 3 is 2.08 bits per heavy atom. The van der Waals surface area contributed by atoms with Crippen LogP contribution in [0, 0.1) is 10.1 Å². The Balaban J connectivity index is 3.05. The summed E-state index contributed by atoms with van der Waals surface area (Å²) in [5.74, 6) is -0.646. The molecule has 0 saturated carbocycles. The van der Waals surface area contributed by atoms with Gasteiger partial charge in [-0.3, -0.25) is 10.1 Å². The number of nitrogens with zero attached hydrogens (tertiary/aromatic N) is 2. The number of carbonyl (C=O) groups excluding carboxylic acids is 2. The molecule has 0 aliphatic carbocycles. The molecule has 0 aromatic heterocycles. The summed E-state index contributed by atoms with van der Waals surface area (Å²) in [6, 6.07) is 4.05. The van der Waals surface area contributed by atoms with Crippen LogP contribution < -0.4 is 0 Å². The summed E-state index contributed by atoms with van der Waals surface area (Å²) in [4.78, 5) is 36.2. The van der Waals surface area contributed by atoms with E-state index < -0.39 is 28.2 Å². The molecule has 0 N–H and O–H groups in total. The number of amides is 1. The average molecular weight is 366 g/mol. The lowest BCUT2D eigenvalue weighted by Crippen LogP contribution is -2.34. The number of benzene rings is 1. The van der Waals surface area contributed by atoms with Gasteiger partial charge in [-0.2, -0.15) is 0 Å². The number of nitro groups is 1. The third-order valence-corrected chi connectivity index (χ3v) is 3.03. The van der Waals surface area contributed by atoms with E-state index in [9.17, 15) is 19.7 Å². The van der Waals surface area contributed by atoms with E-state index in [2.05, 4.69) is 0 Å². The second-order valence-electron chi connectivity index (χ2n) is 7.94. The zero-order chi connectivity index (χ0) is 20.3.